The van der Waals surface area contributed by atoms with Gasteiger partial charge in [-0.3, -0.25) is 4.79 Å². The van der Waals surface area contributed by atoms with Crippen molar-refractivity contribution in [3.63, 3.8) is 0 Å². The number of piperidine rings is 1. The summed E-state index contributed by atoms with van der Waals surface area (Å²) in [7, 11) is -3.66. The highest BCUT2D eigenvalue weighted by molar-refractivity contribution is 7.89. The van der Waals surface area contributed by atoms with Gasteiger partial charge in [0.1, 0.15) is 5.82 Å². The van der Waals surface area contributed by atoms with Gasteiger partial charge in [0.25, 0.3) is 5.91 Å². The number of amides is 1. The number of nitrogens with zero attached hydrogens (tertiary/aromatic N) is 4. The third-order valence-corrected chi connectivity index (χ3v) is 8.99. The van der Waals surface area contributed by atoms with Gasteiger partial charge in [0.05, 0.1) is 35.9 Å². The minimum atomic E-state index is -3.66. The summed E-state index contributed by atoms with van der Waals surface area (Å²) >= 11 is 0. The molecule has 0 unspecified atom stereocenters. The van der Waals surface area contributed by atoms with Gasteiger partial charge in [0.2, 0.25) is 10.0 Å². The van der Waals surface area contributed by atoms with Crippen LogP contribution in [-0.2, 0) is 14.8 Å². The summed E-state index contributed by atoms with van der Waals surface area (Å²) in [6.45, 7) is 3.50. The molecule has 2 aliphatic heterocycles. The van der Waals surface area contributed by atoms with E-state index in [2.05, 4.69) is 15.3 Å². The van der Waals surface area contributed by atoms with E-state index in [4.69, 9.17) is 4.74 Å². The van der Waals surface area contributed by atoms with Crippen LogP contribution < -0.4 is 10.2 Å². The molecule has 9 nitrogen and oxygen atoms in total. The summed E-state index contributed by atoms with van der Waals surface area (Å²) in [5, 5.41) is 7.46. The number of anilines is 2. The number of nitrogens with one attached hydrogen (secondary N) is 1. The SMILES string of the molecule is O=C(Nc1ccnn1C1CCCC1)c1cc(S(=O)(=O)N2CCCCC2)ccc1N1CCOCC1. The van der Waals surface area contributed by atoms with E-state index in [1.54, 1.807) is 30.5 Å². The number of ether oxygens (including phenoxy) is 1. The maximum Gasteiger partial charge on any atom is 0.258 e. The minimum absolute atomic E-state index is 0.167. The fourth-order valence-corrected chi connectivity index (χ4v) is 6.77. The average Bonchev–Trinajstić information content (AvgIpc) is 3.57. The number of benzene rings is 1. The Bertz CT molecular complexity index is 1110. The molecule has 0 bridgehead atoms. The molecule has 1 N–H and O–H groups in total. The molecule has 0 radical (unpaired) electrons. The van der Waals surface area contributed by atoms with Crippen LogP contribution in [0.2, 0.25) is 0 Å². The van der Waals surface area contributed by atoms with Crippen LogP contribution in [0.5, 0.6) is 0 Å². The van der Waals surface area contributed by atoms with E-state index in [1.807, 2.05) is 4.68 Å². The molecule has 1 aliphatic carbocycles. The maximum absolute atomic E-state index is 13.6. The Kier molecular flexibility index (Phi) is 6.89. The van der Waals surface area contributed by atoms with Crippen molar-refractivity contribution in [2.24, 2.45) is 0 Å². The lowest BCUT2D eigenvalue weighted by molar-refractivity contribution is 0.102. The zero-order chi connectivity index (χ0) is 23.5. The maximum atomic E-state index is 13.6. The first-order valence-corrected chi connectivity index (χ1v) is 13.8. The van der Waals surface area contributed by atoms with E-state index in [9.17, 15) is 13.2 Å². The number of carbonyl (C=O) groups is 1. The Morgan fingerprint density at radius 2 is 1.71 bits per heavy atom. The number of hydrogen-bond acceptors (Lipinski definition) is 6. The van der Waals surface area contributed by atoms with Crippen LogP contribution in [0.15, 0.2) is 35.4 Å². The molecular weight excluding hydrogens is 454 g/mol. The van der Waals surface area contributed by atoms with Gasteiger partial charge in [-0.2, -0.15) is 9.40 Å². The number of hydrogen-bond donors (Lipinski definition) is 1. The summed E-state index contributed by atoms with van der Waals surface area (Å²) in [6, 6.07) is 7.04. The molecule has 3 aliphatic rings. The lowest BCUT2D eigenvalue weighted by Crippen LogP contribution is -2.38. The van der Waals surface area contributed by atoms with Gasteiger partial charge in [0, 0.05) is 37.9 Å². The average molecular weight is 488 g/mol. The molecule has 2 saturated heterocycles. The fraction of sp³-hybridized carbons (Fsp3) is 0.583. The smallest absolute Gasteiger partial charge is 0.258 e. The van der Waals surface area contributed by atoms with Crippen molar-refractivity contribution in [1.29, 1.82) is 0 Å². The lowest BCUT2D eigenvalue weighted by atomic mass is 10.1. The summed E-state index contributed by atoms with van der Waals surface area (Å²) in [6.07, 6.45) is 8.90. The second-order valence-corrected chi connectivity index (χ2v) is 11.2. The second-order valence-electron chi connectivity index (χ2n) is 9.30. The van der Waals surface area contributed by atoms with Crippen LogP contribution in [0.4, 0.5) is 11.5 Å². The van der Waals surface area contributed by atoms with E-state index >= 15 is 0 Å². The molecule has 1 amide bonds. The Labute approximate surface area is 201 Å². The van der Waals surface area contributed by atoms with E-state index in [-0.39, 0.29) is 16.8 Å². The molecule has 184 valence electrons. The minimum Gasteiger partial charge on any atom is -0.378 e. The first-order chi connectivity index (χ1) is 16.5. The molecule has 10 heteroatoms. The van der Waals surface area contributed by atoms with Crippen molar-refractivity contribution in [2.45, 2.75) is 55.9 Å². The summed E-state index contributed by atoms with van der Waals surface area (Å²) < 4.78 is 35.6. The van der Waals surface area contributed by atoms with Crippen molar-refractivity contribution in [3.8, 4) is 0 Å². The quantitative estimate of drug-likeness (QED) is 0.672. The lowest BCUT2D eigenvalue weighted by Gasteiger charge is -2.31. The monoisotopic (exact) mass is 487 g/mol. The molecular formula is C24H33N5O4S. The fourth-order valence-electron chi connectivity index (χ4n) is 5.23. The Hall–Kier alpha value is -2.43. The van der Waals surface area contributed by atoms with Crippen LogP contribution in [-0.4, -0.2) is 67.8 Å². The van der Waals surface area contributed by atoms with Gasteiger partial charge >= 0.3 is 0 Å². The van der Waals surface area contributed by atoms with Crippen molar-refractivity contribution in [1.82, 2.24) is 14.1 Å². The number of carbonyl (C=O) groups excluding carboxylic acids is 1. The number of rotatable bonds is 6. The van der Waals surface area contributed by atoms with Crippen LogP contribution in [0.1, 0.15) is 61.3 Å². The molecule has 3 fully saturated rings. The number of sulfonamides is 1. The summed E-state index contributed by atoms with van der Waals surface area (Å²) in [5.74, 6) is 0.325. The Morgan fingerprint density at radius 1 is 0.971 bits per heavy atom. The van der Waals surface area contributed by atoms with Crippen LogP contribution >= 0.6 is 0 Å². The molecule has 0 atom stereocenters. The van der Waals surface area contributed by atoms with Crippen LogP contribution in [0.25, 0.3) is 0 Å². The predicted octanol–water partition coefficient (Wildman–Crippen LogP) is 3.26. The largest absolute Gasteiger partial charge is 0.378 e. The van der Waals surface area contributed by atoms with E-state index in [0.717, 1.165) is 50.6 Å². The van der Waals surface area contributed by atoms with E-state index < -0.39 is 10.0 Å². The highest BCUT2D eigenvalue weighted by Crippen LogP contribution is 2.32. The van der Waals surface area contributed by atoms with Gasteiger partial charge < -0.3 is 15.0 Å². The molecule has 2 aromatic rings. The van der Waals surface area contributed by atoms with Gasteiger partial charge in [-0.1, -0.05) is 19.3 Å². The molecule has 3 heterocycles. The highest BCUT2D eigenvalue weighted by atomic mass is 32.2. The molecule has 1 aromatic heterocycles. The van der Waals surface area contributed by atoms with Crippen molar-refractivity contribution in [3.05, 3.63) is 36.0 Å². The van der Waals surface area contributed by atoms with Gasteiger partial charge in [-0.05, 0) is 43.9 Å². The van der Waals surface area contributed by atoms with Gasteiger partial charge in [-0.15, -0.1) is 0 Å². The molecule has 1 saturated carbocycles. The zero-order valence-corrected chi connectivity index (χ0v) is 20.3. The Morgan fingerprint density at radius 3 is 2.44 bits per heavy atom. The Balaban J connectivity index is 1.47. The normalized spacial score (nSPS) is 20.5. The van der Waals surface area contributed by atoms with E-state index in [1.165, 1.54) is 4.31 Å². The highest BCUT2D eigenvalue weighted by Gasteiger charge is 2.29. The first kappa shape index (κ1) is 23.3. The molecule has 34 heavy (non-hydrogen) atoms. The number of morpholine rings is 1. The number of aromatic nitrogens is 2. The van der Waals surface area contributed by atoms with Crippen LogP contribution in [0.3, 0.4) is 0 Å². The van der Waals surface area contributed by atoms with Crippen LogP contribution in [0, 0.1) is 0 Å². The third-order valence-electron chi connectivity index (χ3n) is 7.10. The third kappa shape index (κ3) is 4.71. The standard InChI is InChI=1S/C24H33N5O4S/c30-24(26-23-10-11-25-29(23)19-6-2-3-7-19)21-18-20(34(31,32)28-12-4-1-5-13-28)8-9-22(21)27-14-16-33-17-15-27/h8-11,18-19H,1-7,12-17H2,(H,26,30). The topological polar surface area (TPSA) is 96.8 Å². The second kappa shape index (κ2) is 10.1. The zero-order valence-electron chi connectivity index (χ0n) is 19.5. The first-order valence-electron chi connectivity index (χ1n) is 12.4. The molecule has 0 spiro atoms. The van der Waals surface area contributed by atoms with Crippen molar-refractivity contribution in [2.75, 3.05) is 49.6 Å². The van der Waals surface area contributed by atoms with Gasteiger partial charge in [-0.25, -0.2) is 13.1 Å². The summed E-state index contributed by atoms with van der Waals surface area (Å²) in [4.78, 5) is 15.8. The van der Waals surface area contributed by atoms with Crippen molar-refractivity contribution < 1.29 is 17.9 Å². The van der Waals surface area contributed by atoms with E-state index in [0.29, 0.717) is 50.8 Å². The molecule has 1 aromatic carbocycles. The van der Waals surface area contributed by atoms with Gasteiger partial charge in [0.15, 0.2) is 0 Å². The predicted molar refractivity (Wildman–Crippen MR) is 130 cm³/mol. The molecule has 5 rings (SSSR count). The van der Waals surface area contributed by atoms with Crippen molar-refractivity contribution >= 4 is 27.4 Å². The summed E-state index contributed by atoms with van der Waals surface area (Å²) in [5.41, 5.74) is 1.09.